The lowest BCUT2D eigenvalue weighted by atomic mass is 10.2. The van der Waals surface area contributed by atoms with Gasteiger partial charge in [0, 0.05) is 18.8 Å². The molecule has 0 radical (unpaired) electrons. The number of benzene rings is 1. The average Bonchev–Trinajstić information content (AvgIpc) is 2.24. The number of nitrogens with zero attached hydrogens (tertiary/aromatic N) is 1. The van der Waals surface area contributed by atoms with E-state index >= 15 is 0 Å². The van der Waals surface area contributed by atoms with E-state index in [-0.39, 0.29) is 5.82 Å². The summed E-state index contributed by atoms with van der Waals surface area (Å²) in [6.45, 7) is 4.64. The SMILES string of the molecule is CCCN(CCCN)c1cccc(F)c1. The van der Waals surface area contributed by atoms with Crippen LogP contribution in [0.1, 0.15) is 19.8 Å². The largest absolute Gasteiger partial charge is 0.371 e. The van der Waals surface area contributed by atoms with Crippen molar-refractivity contribution < 1.29 is 4.39 Å². The van der Waals surface area contributed by atoms with E-state index in [0.717, 1.165) is 31.6 Å². The monoisotopic (exact) mass is 210 g/mol. The van der Waals surface area contributed by atoms with E-state index in [1.54, 1.807) is 12.1 Å². The van der Waals surface area contributed by atoms with Gasteiger partial charge in [-0.15, -0.1) is 0 Å². The van der Waals surface area contributed by atoms with Crippen LogP contribution in [0.2, 0.25) is 0 Å². The predicted molar refractivity (Wildman–Crippen MR) is 62.6 cm³/mol. The summed E-state index contributed by atoms with van der Waals surface area (Å²) in [4.78, 5) is 2.18. The van der Waals surface area contributed by atoms with Crippen LogP contribution in [0.15, 0.2) is 24.3 Å². The zero-order chi connectivity index (χ0) is 11.1. The summed E-state index contributed by atoms with van der Waals surface area (Å²) >= 11 is 0. The Labute approximate surface area is 90.9 Å². The zero-order valence-corrected chi connectivity index (χ0v) is 9.25. The van der Waals surface area contributed by atoms with Crippen molar-refractivity contribution in [2.45, 2.75) is 19.8 Å². The number of halogens is 1. The first kappa shape index (κ1) is 12.0. The lowest BCUT2D eigenvalue weighted by Gasteiger charge is -2.24. The summed E-state index contributed by atoms with van der Waals surface area (Å²) in [5.41, 5.74) is 6.43. The number of anilines is 1. The van der Waals surface area contributed by atoms with Crippen LogP contribution in [0, 0.1) is 5.82 Å². The molecule has 0 aromatic heterocycles. The highest BCUT2D eigenvalue weighted by molar-refractivity contribution is 5.46. The molecular weight excluding hydrogens is 191 g/mol. The standard InChI is InChI=1S/C12H19FN2/c1-2-8-15(9-4-7-14)12-6-3-5-11(13)10-12/h3,5-6,10H,2,4,7-9,14H2,1H3. The van der Waals surface area contributed by atoms with E-state index in [2.05, 4.69) is 11.8 Å². The second-order valence-electron chi connectivity index (χ2n) is 3.61. The van der Waals surface area contributed by atoms with E-state index in [9.17, 15) is 4.39 Å². The van der Waals surface area contributed by atoms with Crippen molar-refractivity contribution in [3.8, 4) is 0 Å². The van der Waals surface area contributed by atoms with Gasteiger partial charge in [0.05, 0.1) is 0 Å². The molecule has 0 atom stereocenters. The van der Waals surface area contributed by atoms with Crippen molar-refractivity contribution in [1.82, 2.24) is 0 Å². The zero-order valence-electron chi connectivity index (χ0n) is 9.25. The molecule has 0 amide bonds. The van der Waals surface area contributed by atoms with Crippen LogP contribution in [0.3, 0.4) is 0 Å². The van der Waals surface area contributed by atoms with Crippen LogP contribution in [0.5, 0.6) is 0 Å². The van der Waals surface area contributed by atoms with E-state index in [1.165, 1.54) is 6.07 Å². The van der Waals surface area contributed by atoms with E-state index < -0.39 is 0 Å². The highest BCUT2D eigenvalue weighted by atomic mass is 19.1. The molecule has 1 aromatic carbocycles. The molecular formula is C12H19FN2. The second-order valence-corrected chi connectivity index (χ2v) is 3.61. The Kier molecular flexibility index (Phi) is 5.12. The first-order chi connectivity index (χ1) is 7.27. The predicted octanol–water partition coefficient (Wildman–Crippen LogP) is 2.39. The fourth-order valence-corrected chi connectivity index (χ4v) is 1.59. The Morgan fingerprint density at radius 1 is 1.33 bits per heavy atom. The molecule has 0 aliphatic carbocycles. The lowest BCUT2D eigenvalue weighted by Crippen LogP contribution is -2.26. The molecule has 0 aliphatic rings. The number of hydrogen-bond acceptors (Lipinski definition) is 2. The van der Waals surface area contributed by atoms with Crippen molar-refractivity contribution in [1.29, 1.82) is 0 Å². The fourth-order valence-electron chi connectivity index (χ4n) is 1.59. The van der Waals surface area contributed by atoms with Gasteiger partial charge in [-0.3, -0.25) is 0 Å². The van der Waals surface area contributed by atoms with E-state index in [1.807, 2.05) is 6.07 Å². The molecule has 1 aromatic rings. The topological polar surface area (TPSA) is 29.3 Å². The van der Waals surface area contributed by atoms with Crippen molar-refractivity contribution in [2.75, 3.05) is 24.5 Å². The second kappa shape index (κ2) is 6.40. The van der Waals surface area contributed by atoms with Crippen molar-refractivity contribution in [2.24, 2.45) is 5.73 Å². The van der Waals surface area contributed by atoms with Gasteiger partial charge in [0.2, 0.25) is 0 Å². The molecule has 2 nitrogen and oxygen atoms in total. The number of rotatable bonds is 6. The normalized spacial score (nSPS) is 10.3. The van der Waals surface area contributed by atoms with Crippen LogP contribution in [0.25, 0.3) is 0 Å². The Morgan fingerprint density at radius 2 is 2.13 bits per heavy atom. The molecule has 0 heterocycles. The van der Waals surface area contributed by atoms with Crippen LogP contribution < -0.4 is 10.6 Å². The molecule has 15 heavy (non-hydrogen) atoms. The summed E-state index contributed by atoms with van der Waals surface area (Å²) in [6, 6.07) is 6.73. The highest BCUT2D eigenvalue weighted by Gasteiger charge is 2.05. The Balaban J connectivity index is 2.69. The summed E-state index contributed by atoms with van der Waals surface area (Å²) in [6.07, 6.45) is 2.00. The maximum absolute atomic E-state index is 13.0. The van der Waals surface area contributed by atoms with Gasteiger partial charge in [-0.25, -0.2) is 4.39 Å². The molecule has 0 fully saturated rings. The van der Waals surface area contributed by atoms with Gasteiger partial charge >= 0.3 is 0 Å². The maximum Gasteiger partial charge on any atom is 0.125 e. The first-order valence-electron chi connectivity index (χ1n) is 5.48. The van der Waals surface area contributed by atoms with Gasteiger partial charge in [0.1, 0.15) is 5.82 Å². The molecule has 0 unspecified atom stereocenters. The highest BCUT2D eigenvalue weighted by Crippen LogP contribution is 2.15. The van der Waals surface area contributed by atoms with E-state index in [0.29, 0.717) is 6.54 Å². The van der Waals surface area contributed by atoms with E-state index in [4.69, 9.17) is 5.73 Å². The quantitative estimate of drug-likeness (QED) is 0.781. The van der Waals surface area contributed by atoms with Crippen LogP contribution in [0.4, 0.5) is 10.1 Å². The lowest BCUT2D eigenvalue weighted by molar-refractivity contribution is 0.625. The smallest absolute Gasteiger partial charge is 0.125 e. The third kappa shape index (κ3) is 3.88. The van der Waals surface area contributed by atoms with Gasteiger partial charge < -0.3 is 10.6 Å². The summed E-state index contributed by atoms with van der Waals surface area (Å²) in [5.74, 6) is -0.179. The van der Waals surface area contributed by atoms with Crippen LogP contribution in [-0.4, -0.2) is 19.6 Å². The van der Waals surface area contributed by atoms with Gasteiger partial charge in [-0.2, -0.15) is 0 Å². The Hall–Kier alpha value is -1.09. The van der Waals surface area contributed by atoms with Crippen molar-refractivity contribution in [3.05, 3.63) is 30.1 Å². The van der Waals surface area contributed by atoms with Gasteiger partial charge in [-0.05, 0) is 37.6 Å². The number of hydrogen-bond donors (Lipinski definition) is 1. The molecule has 84 valence electrons. The van der Waals surface area contributed by atoms with Crippen molar-refractivity contribution in [3.63, 3.8) is 0 Å². The Morgan fingerprint density at radius 3 is 2.73 bits per heavy atom. The molecule has 2 N–H and O–H groups in total. The summed E-state index contributed by atoms with van der Waals surface area (Å²) < 4.78 is 13.0. The minimum atomic E-state index is -0.179. The van der Waals surface area contributed by atoms with Crippen molar-refractivity contribution >= 4 is 5.69 Å². The average molecular weight is 210 g/mol. The minimum Gasteiger partial charge on any atom is -0.371 e. The van der Waals surface area contributed by atoms with Gasteiger partial charge in [0.25, 0.3) is 0 Å². The third-order valence-corrected chi connectivity index (χ3v) is 2.30. The molecule has 0 aliphatic heterocycles. The first-order valence-corrected chi connectivity index (χ1v) is 5.48. The van der Waals surface area contributed by atoms with Gasteiger partial charge in [0.15, 0.2) is 0 Å². The summed E-state index contributed by atoms with van der Waals surface area (Å²) in [7, 11) is 0. The van der Waals surface area contributed by atoms with Crippen LogP contribution >= 0.6 is 0 Å². The molecule has 0 saturated heterocycles. The minimum absolute atomic E-state index is 0.179. The molecule has 3 heteroatoms. The fraction of sp³-hybridized carbons (Fsp3) is 0.500. The third-order valence-electron chi connectivity index (χ3n) is 2.30. The van der Waals surface area contributed by atoms with Crippen LogP contribution in [-0.2, 0) is 0 Å². The molecule has 1 rings (SSSR count). The molecule has 0 saturated carbocycles. The molecule has 0 spiro atoms. The van der Waals surface area contributed by atoms with Gasteiger partial charge in [-0.1, -0.05) is 13.0 Å². The summed E-state index contributed by atoms with van der Waals surface area (Å²) in [5, 5.41) is 0. The Bertz CT molecular complexity index is 289. The molecule has 0 bridgehead atoms. The number of nitrogens with two attached hydrogens (primary N) is 1. The maximum atomic E-state index is 13.0.